The van der Waals surface area contributed by atoms with Gasteiger partial charge in [0, 0.05) is 26.7 Å². The van der Waals surface area contributed by atoms with Crippen molar-refractivity contribution in [2.45, 2.75) is 10.2 Å². The highest BCUT2D eigenvalue weighted by molar-refractivity contribution is 7.99. The van der Waals surface area contributed by atoms with Gasteiger partial charge in [-0.05, 0) is 11.8 Å². The van der Waals surface area contributed by atoms with E-state index in [0.29, 0.717) is 11.0 Å². The number of benzene rings is 1. The molecule has 0 aliphatic heterocycles. The molecule has 0 bridgehead atoms. The molecule has 0 spiro atoms. The van der Waals surface area contributed by atoms with Gasteiger partial charge in [-0.2, -0.15) is 5.26 Å². The Morgan fingerprint density at radius 2 is 1.68 bits per heavy atom. The number of nitriles is 1. The summed E-state index contributed by atoms with van der Waals surface area (Å²) in [5.74, 6) is 0.649. The maximum Gasteiger partial charge on any atom is 0.331 e. The molecule has 0 amide bonds. The van der Waals surface area contributed by atoms with Crippen LogP contribution in [0, 0.1) is 11.3 Å². The Kier molecular flexibility index (Phi) is 4.29. The molecule has 8 nitrogen and oxygen atoms in total. The van der Waals surface area contributed by atoms with Crippen LogP contribution >= 0.6 is 11.8 Å². The molecule has 0 N–H and O–H groups in total. The Labute approximate surface area is 147 Å². The van der Waals surface area contributed by atoms with E-state index in [1.54, 1.807) is 11.6 Å². The van der Waals surface area contributed by atoms with Gasteiger partial charge in [-0.3, -0.25) is 13.9 Å². The van der Waals surface area contributed by atoms with E-state index in [1.807, 2.05) is 36.4 Å². The average molecular weight is 354 g/mol. The monoisotopic (exact) mass is 354 g/mol. The van der Waals surface area contributed by atoms with Crippen molar-refractivity contribution in [2.24, 2.45) is 21.1 Å². The van der Waals surface area contributed by atoms with Crippen molar-refractivity contribution in [1.82, 2.24) is 23.9 Å². The lowest BCUT2D eigenvalue weighted by atomic mass is 10.2. The van der Waals surface area contributed by atoms with E-state index in [2.05, 4.69) is 10.2 Å². The summed E-state index contributed by atoms with van der Waals surface area (Å²) < 4.78 is 3.93. The third kappa shape index (κ3) is 2.77. The zero-order valence-electron chi connectivity index (χ0n) is 13.8. The summed E-state index contributed by atoms with van der Waals surface area (Å²) in [5, 5.41) is 18.3. The average Bonchev–Trinajstić information content (AvgIpc) is 2.99. The molecule has 2 aromatic heterocycles. The molecule has 126 valence electrons. The van der Waals surface area contributed by atoms with E-state index < -0.39 is 11.2 Å². The fraction of sp³-hybridized carbons (Fsp3) is 0.188. The molecule has 3 rings (SSSR count). The van der Waals surface area contributed by atoms with Crippen LogP contribution in [0.25, 0.3) is 11.4 Å². The van der Waals surface area contributed by atoms with Crippen molar-refractivity contribution in [3.63, 3.8) is 0 Å². The van der Waals surface area contributed by atoms with Crippen molar-refractivity contribution in [2.75, 3.05) is 0 Å². The molecule has 0 aliphatic carbocycles. The minimum absolute atomic E-state index is 0.0983. The van der Waals surface area contributed by atoms with Crippen LogP contribution in [0.4, 0.5) is 0 Å². The lowest BCUT2D eigenvalue weighted by molar-refractivity contribution is 0.629. The minimum Gasteiger partial charge on any atom is -0.305 e. The molecular weight excluding hydrogens is 340 g/mol. The largest absolute Gasteiger partial charge is 0.331 e. The highest BCUT2D eigenvalue weighted by Crippen LogP contribution is 2.28. The Balaban J connectivity index is 2.12. The van der Waals surface area contributed by atoms with E-state index in [0.717, 1.165) is 21.9 Å². The van der Waals surface area contributed by atoms with Gasteiger partial charge in [0.15, 0.2) is 11.0 Å². The molecule has 2 heterocycles. The summed E-state index contributed by atoms with van der Waals surface area (Å²) in [6, 6.07) is 11.4. The molecule has 0 saturated heterocycles. The summed E-state index contributed by atoms with van der Waals surface area (Å²) in [6.07, 6.45) is 0. The normalized spacial score (nSPS) is 10.6. The summed E-state index contributed by atoms with van der Waals surface area (Å²) >= 11 is 1.06. The van der Waals surface area contributed by atoms with E-state index in [9.17, 15) is 14.9 Å². The molecule has 0 aliphatic rings. The van der Waals surface area contributed by atoms with E-state index in [-0.39, 0.29) is 10.6 Å². The number of hydrogen-bond acceptors (Lipinski definition) is 6. The quantitative estimate of drug-likeness (QED) is 0.648. The van der Waals surface area contributed by atoms with Crippen molar-refractivity contribution < 1.29 is 0 Å². The third-order valence-electron chi connectivity index (χ3n) is 3.78. The first-order chi connectivity index (χ1) is 12.0. The second-order valence-electron chi connectivity index (χ2n) is 5.33. The summed E-state index contributed by atoms with van der Waals surface area (Å²) in [4.78, 5) is 24.3. The Morgan fingerprint density at radius 1 is 1.00 bits per heavy atom. The van der Waals surface area contributed by atoms with Gasteiger partial charge in [0.2, 0.25) is 0 Å². The second-order valence-corrected chi connectivity index (χ2v) is 6.29. The first kappa shape index (κ1) is 16.7. The first-order valence-electron chi connectivity index (χ1n) is 7.28. The highest BCUT2D eigenvalue weighted by atomic mass is 32.2. The predicted octanol–water partition coefficient (Wildman–Crippen LogP) is 0.902. The maximum atomic E-state index is 12.2. The van der Waals surface area contributed by atoms with Crippen LogP contribution in [-0.2, 0) is 21.1 Å². The second kappa shape index (κ2) is 6.41. The Morgan fingerprint density at radius 3 is 2.32 bits per heavy atom. The zero-order valence-corrected chi connectivity index (χ0v) is 14.6. The van der Waals surface area contributed by atoms with E-state index in [4.69, 9.17) is 0 Å². The maximum absolute atomic E-state index is 12.2. The van der Waals surface area contributed by atoms with Gasteiger partial charge in [0.25, 0.3) is 5.56 Å². The zero-order chi connectivity index (χ0) is 18.1. The molecule has 0 saturated carbocycles. The van der Waals surface area contributed by atoms with Crippen LogP contribution in [0.3, 0.4) is 0 Å². The van der Waals surface area contributed by atoms with Crippen LogP contribution in [0.15, 0.2) is 50.1 Å². The standard InChI is InChI=1S/C16H14N6O2S/c1-20-12(10-7-5-4-6-8-10)18-19-15(20)25-14-11(9-17)13(23)21(2)16(24)22(14)3/h4-8H,1-3H3. The lowest BCUT2D eigenvalue weighted by Gasteiger charge is -2.10. The Bertz CT molecular complexity index is 1100. The number of rotatable bonds is 3. The molecule has 0 fully saturated rings. The smallest absolute Gasteiger partial charge is 0.305 e. The van der Waals surface area contributed by atoms with Gasteiger partial charge in [0.1, 0.15) is 16.7 Å². The van der Waals surface area contributed by atoms with Gasteiger partial charge < -0.3 is 4.57 Å². The van der Waals surface area contributed by atoms with Crippen molar-refractivity contribution >= 4 is 11.8 Å². The lowest BCUT2D eigenvalue weighted by Crippen LogP contribution is -2.39. The van der Waals surface area contributed by atoms with Crippen LogP contribution in [0.1, 0.15) is 5.56 Å². The molecule has 0 unspecified atom stereocenters. The number of hydrogen-bond donors (Lipinski definition) is 0. The molecular formula is C16H14N6O2S. The van der Waals surface area contributed by atoms with E-state index in [1.165, 1.54) is 18.7 Å². The molecule has 0 atom stereocenters. The SMILES string of the molecule is Cn1c(Sc2c(C#N)c(=O)n(C)c(=O)n2C)nnc1-c1ccccc1. The fourth-order valence-corrected chi connectivity index (χ4v) is 3.30. The van der Waals surface area contributed by atoms with Crippen molar-refractivity contribution in [3.8, 4) is 17.5 Å². The molecule has 25 heavy (non-hydrogen) atoms. The van der Waals surface area contributed by atoms with Crippen molar-refractivity contribution in [3.05, 3.63) is 56.7 Å². The van der Waals surface area contributed by atoms with Gasteiger partial charge in [0.05, 0.1) is 0 Å². The number of nitrogens with zero attached hydrogens (tertiary/aromatic N) is 6. The summed E-state index contributed by atoms with van der Waals surface area (Å²) in [7, 11) is 4.64. The molecule has 1 aromatic carbocycles. The first-order valence-corrected chi connectivity index (χ1v) is 8.10. The minimum atomic E-state index is -0.626. The van der Waals surface area contributed by atoms with Crippen LogP contribution in [-0.4, -0.2) is 23.9 Å². The number of aromatic nitrogens is 5. The van der Waals surface area contributed by atoms with E-state index >= 15 is 0 Å². The van der Waals surface area contributed by atoms with Crippen LogP contribution in [0.5, 0.6) is 0 Å². The molecule has 0 radical (unpaired) electrons. The predicted molar refractivity (Wildman–Crippen MR) is 92.2 cm³/mol. The topological polar surface area (TPSA) is 98.5 Å². The Hall–Kier alpha value is -3.12. The van der Waals surface area contributed by atoms with Gasteiger partial charge >= 0.3 is 5.69 Å². The van der Waals surface area contributed by atoms with Crippen LogP contribution in [0.2, 0.25) is 0 Å². The third-order valence-corrected chi connectivity index (χ3v) is 4.99. The summed E-state index contributed by atoms with van der Waals surface area (Å²) in [5.41, 5.74) is -0.336. The molecule has 3 aromatic rings. The molecule has 9 heteroatoms. The fourth-order valence-electron chi connectivity index (χ4n) is 2.37. The van der Waals surface area contributed by atoms with Gasteiger partial charge in [-0.15, -0.1) is 10.2 Å². The van der Waals surface area contributed by atoms with Gasteiger partial charge in [-0.25, -0.2) is 4.79 Å². The summed E-state index contributed by atoms with van der Waals surface area (Å²) in [6.45, 7) is 0. The van der Waals surface area contributed by atoms with Crippen molar-refractivity contribution in [1.29, 1.82) is 5.26 Å². The highest BCUT2D eigenvalue weighted by Gasteiger charge is 2.20. The van der Waals surface area contributed by atoms with Crippen LogP contribution < -0.4 is 11.2 Å². The van der Waals surface area contributed by atoms with Gasteiger partial charge in [-0.1, -0.05) is 30.3 Å².